The summed E-state index contributed by atoms with van der Waals surface area (Å²) in [7, 11) is -4.07. The van der Waals surface area contributed by atoms with Gasteiger partial charge in [0.2, 0.25) is 15.9 Å². The van der Waals surface area contributed by atoms with Crippen LogP contribution in [-0.4, -0.2) is 100 Å². The summed E-state index contributed by atoms with van der Waals surface area (Å²) in [5.41, 5.74) is 4.31. The van der Waals surface area contributed by atoms with Gasteiger partial charge in [-0.25, -0.2) is 13.2 Å². The molecule has 0 bridgehead atoms. The van der Waals surface area contributed by atoms with E-state index in [1.54, 1.807) is 22.2 Å². The fraction of sp³-hybridized carbons (Fsp3) is 0.381. The number of benzene rings is 3. The summed E-state index contributed by atoms with van der Waals surface area (Å²) in [5, 5.41) is 26.8. The van der Waals surface area contributed by atoms with E-state index in [0.29, 0.717) is 31.6 Å². The van der Waals surface area contributed by atoms with Crippen LogP contribution in [0.15, 0.2) is 113 Å². The quantitative estimate of drug-likeness (QED) is 0.0672. The lowest BCUT2D eigenvalue weighted by molar-refractivity contribution is -0.128. The number of pyridine rings is 1. The number of carbonyl (C=O) groups is 2. The molecular formula is C42H52N6O6S. The van der Waals surface area contributed by atoms with Crippen LogP contribution in [0.3, 0.4) is 0 Å². The molecule has 0 unspecified atom stereocenters. The van der Waals surface area contributed by atoms with E-state index in [-0.39, 0.29) is 42.3 Å². The summed E-state index contributed by atoms with van der Waals surface area (Å²) in [6, 6.07) is 25.3. The van der Waals surface area contributed by atoms with Crippen molar-refractivity contribution in [3.8, 4) is 11.1 Å². The number of oxime groups is 1. The van der Waals surface area contributed by atoms with Crippen LogP contribution < -0.4 is 5.32 Å². The second-order valence-corrected chi connectivity index (χ2v) is 16.5. The zero-order valence-electron chi connectivity index (χ0n) is 31.9. The average Bonchev–Trinajstić information content (AvgIpc) is 3.53. The second-order valence-electron chi connectivity index (χ2n) is 14.6. The van der Waals surface area contributed by atoms with Gasteiger partial charge in [0.25, 0.3) is 0 Å². The number of aromatic nitrogens is 1. The molecule has 1 aliphatic rings. The van der Waals surface area contributed by atoms with E-state index >= 15 is 0 Å². The molecule has 1 fully saturated rings. The minimum atomic E-state index is -4.07. The summed E-state index contributed by atoms with van der Waals surface area (Å²) < 4.78 is 29.2. The predicted octanol–water partition coefficient (Wildman–Crippen LogP) is 5.64. The molecule has 55 heavy (non-hydrogen) atoms. The minimum absolute atomic E-state index is 0.0248. The number of nitrogens with one attached hydrogen (secondary N) is 1. The van der Waals surface area contributed by atoms with Crippen molar-refractivity contribution in [2.24, 2.45) is 17.0 Å². The van der Waals surface area contributed by atoms with Crippen LogP contribution in [0.25, 0.3) is 11.1 Å². The monoisotopic (exact) mass is 768 g/mol. The van der Waals surface area contributed by atoms with Crippen molar-refractivity contribution < 1.29 is 28.3 Å². The summed E-state index contributed by atoms with van der Waals surface area (Å²) in [6.45, 7) is 8.74. The van der Waals surface area contributed by atoms with Gasteiger partial charge in [-0.3, -0.25) is 9.78 Å². The number of sulfonamides is 1. The molecule has 1 aromatic heterocycles. The number of aliphatic hydroxyl groups is 1. The Morgan fingerprint density at radius 3 is 2.31 bits per heavy atom. The fourth-order valence-corrected chi connectivity index (χ4v) is 8.54. The molecule has 12 nitrogen and oxygen atoms in total. The zero-order valence-corrected chi connectivity index (χ0v) is 32.7. The maximum absolute atomic E-state index is 14.4. The molecule has 5 rings (SSSR count). The van der Waals surface area contributed by atoms with Crippen molar-refractivity contribution in [1.29, 1.82) is 0 Å². The van der Waals surface area contributed by atoms with Crippen molar-refractivity contribution in [2.75, 3.05) is 26.2 Å². The van der Waals surface area contributed by atoms with Gasteiger partial charge < -0.3 is 25.4 Å². The van der Waals surface area contributed by atoms with Crippen molar-refractivity contribution >= 4 is 28.2 Å². The summed E-state index contributed by atoms with van der Waals surface area (Å²) >= 11 is 0. The molecule has 0 aliphatic carbocycles. The number of nitrogens with zero attached hydrogens (tertiary/aromatic N) is 5. The van der Waals surface area contributed by atoms with Gasteiger partial charge in [0.15, 0.2) is 0 Å². The number of carbonyl (C=O) groups excluding carboxylic acids is 2. The fourth-order valence-electron chi connectivity index (χ4n) is 6.91. The topological polar surface area (TPSA) is 156 Å². The Morgan fingerprint density at radius 1 is 0.945 bits per heavy atom. The van der Waals surface area contributed by atoms with E-state index in [1.165, 1.54) is 34.8 Å². The second kappa shape index (κ2) is 19.0. The molecule has 3 amide bonds. The lowest BCUT2D eigenvalue weighted by atomic mass is 9.95. The standard InChI is InChI=1S/C42H52N6O6S/c1-5-31(4)40(48-22-21-46(42(48)51)28-34-13-9-14-35(23-34)36-15-10-20-43-26-36)41(50)45-38(24-32-11-7-6-8-12-32)39(49)29-47(27-30(2)3)55(53,54)37-18-16-33(17-19-37)25-44-52/h6-20,23,25-26,30-31,38-40,49,52H,5,21-22,24,27-29H2,1-4H3,(H,45,50)/t31-,38-,39+,40-/m0/s1. The summed E-state index contributed by atoms with van der Waals surface area (Å²) in [4.78, 5) is 36.0. The lowest BCUT2D eigenvalue weighted by Gasteiger charge is -2.35. The largest absolute Gasteiger partial charge is 0.411 e. The lowest BCUT2D eigenvalue weighted by Crippen LogP contribution is -2.57. The van der Waals surface area contributed by atoms with Gasteiger partial charge in [0, 0.05) is 45.1 Å². The Morgan fingerprint density at radius 2 is 1.65 bits per heavy atom. The van der Waals surface area contributed by atoms with Crippen LogP contribution in [0, 0.1) is 11.8 Å². The Hall–Kier alpha value is -5.11. The van der Waals surface area contributed by atoms with Crippen LogP contribution in [-0.2, 0) is 27.8 Å². The Labute approximate surface area is 324 Å². The van der Waals surface area contributed by atoms with Gasteiger partial charge in [-0.2, -0.15) is 4.31 Å². The maximum Gasteiger partial charge on any atom is 0.321 e. The molecular weight excluding hydrogens is 717 g/mol. The molecule has 3 aromatic carbocycles. The molecule has 0 saturated carbocycles. The highest BCUT2D eigenvalue weighted by molar-refractivity contribution is 7.89. The average molecular weight is 769 g/mol. The summed E-state index contributed by atoms with van der Waals surface area (Å²) in [6.07, 6.45) is 4.29. The molecule has 1 saturated heterocycles. The molecule has 4 aromatic rings. The third kappa shape index (κ3) is 10.6. The molecule has 4 atom stereocenters. The normalized spacial score (nSPS) is 15.8. The van der Waals surface area contributed by atoms with Gasteiger partial charge in [-0.05, 0) is 70.3 Å². The first-order chi connectivity index (χ1) is 26.4. The van der Waals surface area contributed by atoms with Gasteiger partial charge >= 0.3 is 6.03 Å². The molecule has 0 radical (unpaired) electrons. The molecule has 13 heteroatoms. The highest BCUT2D eigenvalue weighted by atomic mass is 32.2. The first kappa shape index (κ1) is 41.1. The first-order valence-electron chi connectivity index (χ1n) is 18.8. The molecule has 1 aliphatic heterocycles. The van der Waals surface area contributed by atoms with Crippen LogP contribution in [0.2, 0.25) is 0 Å². The van der Waals surface area contributed by atoms with Gasteiger partial charge in [-0.1, -0.05) is 106 Å². The third-order valence-corrected chi connectivity index (χ3v) is 11.8. The van der Waals surface area contributed by atoms with Crippen LogP contribution in [0.4, 0.5) is 4.79 Å². The van der Waals surface area contributed by atoms with Gasteiger partial charge in [-0.15, -0.1) is 0 Å². The molecule has 3 N–H and O–H groups in total. The highest BCUT2D eigenvalue weighted by Gasteiger charge is 2.41. The predicted molar refractivity (Wildman–Crippen MR) is 213 cm³/mol. The van der Waals surface area contributed by atoms with E-state index < -0.39 is 34.1 Å². The van der Waals surface area contributed by atoms with Crippen molar-refractivity contribution in [3.63, 3.8) is 0 Å². The zero-order chi connectivity index (χ0) is 39.5. The molecule has 292 valence electrons. The number of rotatable bonds is 18. The van der Waals surface area contributed by atoms with E-state index in [9.17, 15) is 23.1 Å². The van der Waals surface area contributed by atoms with E-state index in [2.05, 4.69) is 15.5 Å². The van der Waals surface area contributed by atoms with Crippen LogP contribution in [0.5, 0.6) is 0 Å². The maximum atomic E-state index is 14.4. The van der Waals surface area contributed by atoms with Gasteiger partial charge in [0.05, 0.1) is 23.3 Å². The van der Waals surface area contributed by atoms with Crippen LogP contribution in [0.1, 0.15) is 50.8 Å². The molecule has 2 heterocycles. The Kier molecular flexibility index (Phi) is 14.2. The minimum Gasteiger partial charge on any atom is -0.411 e. The number of hydrogen-bond donors (Lipinski definition) is 3. The Balaban J connectivity index is 1.36. The number of urea groups is 1. The van der Waals surface area contributed by atoms with E-state index in [1.807, 2.05) is 94.4 Å². The number of aliphatic hydroxyl groups excluding tert-OH is 1. The van der Waals surface area contributed by atoms with Crippen molar-refractivity contribution in [2.45, 2.75) is 70.2 Å². The van der Waals surface area contributed by atoms with Crippen molar-refractivity contribution in [1.82, 2.24) is 24.4 Å². The van der Waals surface area contributed by atoms with Crippen molar-refractivity contribution in [3.05, 3.63) is 120 Å². The third-order valence-electron chi connectivity index (χ3n) is 9.98. The SMILES string of the molecule is CC[C@H](C)[C@@H](C(=O)N[C@@H](Cc1ccccc1)[C@H](O)CN(CC(C)C)S(=O)(=O)c1ccc(C=NO)cc1)N1CCN(Cc2cccc(-c3cccnc3)c2)C1=O. The smallest absolute Gasteiger partial charge is 0.321 e. The van der Waals surface area contributed by atoms with E-state index in [0.717, 1.165) is 22.3 Å². The first-order valence-corrected chi connectivity index (χ1v) is 20.2. The highest BCUT2D eigenvalue weighted by Crippen LogP contribution is 2.26. The molecule has 0 spiro atoms. The number of hydrogen-bond acceptors (Lipinski definition) is 8. The Bertz CT molecular complexity index is 2000. The van der Waals surface area contributed by atoms with Gasteiger partial charge in [0.1, 0.15) is 6.04 Å². The van der Waals surface area contributed by atoms with Crippen LogP contribution >= 0.6 is 0 Å². The summed E-state index contributed by atoms with van der Waals surface area (Å²) in [5.74, 6) is -0.673. The van der Waals surface area contributed by atoms with E-state index in [4.69, 9.17) is 5.21 Å². The number of amides is 3.